The van der Waals surface area contributed by atoms with Gasteiger partial charge in [-0.05, 0) is 12.1 Å². The highest BCUT2D eigenvalue weighted by molar-refractivity contribution is 9.09. The highest BCUT2D eigenvalue weighted by atomic mass is 79.9. The van der Waals surface area contributed by atoms with Crippen molar-refractivity contribution in [3.8, 4) is 17.9 Å². The van der Waals surface area contributed by atoms with Crippen molar-refractivity contribution in [3.63, 3.8) is 0 Å². The molecule has 0 saturated heterocycles. The average molecular weight is 221 g/mol. The number of alkyl halides is 1. The van der Waals surface area contributed by atoms with Gasteiger partial charge >= 0.3 is 0 Å². The zero-order valence-electron chi connectivity index (χ0n) is 6.21. The van der Waals surface area contributed by atoms with Crippen LogP contribution in [0.1, 0.15) is 11.3 Å². The molecular weight excluding hydrogens is 216 g/mol. The van der Waals surface area contributed by atoms with Crippen LogP contribution in [0.3, 0.4) is 0 Å². The summed E-state index contributed by atoms with van der Waals surface area (Å²) in [6.45, 7) is 0. The lowest BCUT2D eigenvalue weighted by molar-refractivity contribution is 1.25. The summed E-state index contributed by atoms with van der Waals surface area (Å²) >= 11 is 3.18. The van der Waals surface area contributed by atoms with Gasteiger partial charge in [-0.25, -0.2) is 4.98 Å². The minimum atomic E-state index is 0.381. The fraction of sp³-hybridized carbons (Fsp3) is 0.111. The standard InChI is InChI=1S/C9H5BrN2/c10-5-1-3-8-4-2-6-12-9(8)7-11/h2,4,6H,5H2. The Morgan fingerprint density at radius 1 is 1.58 bits per heavy atom. The Morgan fingerprint density at radius 2 is 2.42 bits per heavy atom. The molecule has 0 aliphatic heterocycles. The second kappa shape index (κ2) is 4.54. The van der Waals surface area contributed by atoms with Gasteiger partial charge in [0.15, 0.2) is 5.69 Å². The van der Waals surface area contributed by atoms with Crippen LogP contribution < -0.4 is 0 Å². The van der Waals surface area contributed by atoms with E-state index in [2.05, 4.69) is 32.8 Å². The molecule has 0 unspecified atom stereocenters. The normalized spacial score (nSPS) is 8.00. The fourth-order valence-corrected chi connectivity index (χ4v) is 0.864. The number of hydrogen-bond donors (Lipinski definition) is 0. The quantitative estimate of drug-likeness (QED) is 0.493. The number of nitriles is 1. The molecule has 3 heteroatoms. The van der Waals surface area contributed by atoms with E-state index in [-0.39, 0.29) is 0 Å². The van der Waals surface area contributed by atoms with Gasteiger partial charge in [-0.3, -0.25) is 0 Å². The number of rotatable bonds is 0. The molecule has 0 N–H and O–H groups in total. The Bertz CT molecular complexity index is 368. The maximum absolute atomic E-state index is 8.63. The van der Waals surface area contributed by atoms with E-state index in [0.29, 0.717) is 16.6 Å². The molecule has 58 valence electrons. The highest BCUT2D eigenvalue weighted by Gasteiger charge is 1.96. The molecular formula is C9H5BrN2. The first-order valence-electron chi connectivity index (χ1n) is 3.28. The van der Waals surface area contributed by atoms with Gasteiger partial charge in [0.25, 0.3) is 0 Å². The Kier molecular flexibility index (Phi) is 3.32. The summed E-state index contributed by atoms with van der Waals surface area (Å²) in [5, 5.41) is 9.23. The SMILES string of the molecule is N#Cc1ncccc1C#CCBr. The van der Waals surface area contributed by atoms with Crippen LogP contribution in [0.4, 0.5) is 0 Å². The lowest BCUT2D eigenvalue weighted by Crippen LogP contribution is -1.86. The zero-order chi connectivity index (χ0) is 8.81. The molecule has 0 radical (unpaired) electrons. The first-order valence-corrected chi connectivity index (χ1v) is 4.40. The first kappa shape index (κ1) is 8.77. The number of aromatic nitrogens is 1. The molecule has 0 spiro atoms. The molecule has 1 aromatic rings. The molecule has 12 heavy (non-hydrogen) atoms. The topological polar surface area (TPSA) is 36.7 Å². The van der Waals surface area contributed by atoms with E-state index in [1.54, 1.807) is 18.3 Å². The molecule has 2 nitrogen and oxygen atoms in total. The molecule has 1 aromatic heterocycles. The summed E-state index contributed by atoms with van der Waals surface area (Å²) in [4.78, 5) is 3.87. The van der Waals surface area contributed by atoms with Crippen molar-refractivity contribution in [1.29, 1.82) is 5.26 Å². The van der Waals surface area contributed by atoms with Gasteiger partial charge in [-0.15, -0.1) is 0 Å². The Morgan fingerprint density at radius 3 is 3.08 bits per heavy atom. The van der Waals surface area contributed by atoms with Crippen molar-refractivity contribution in [2.75, 3.05) is 5.33 Å². The van der Waals surface area contributed by atoms with E-state index in [9.17, 15) is 0 Å². The van der Waals surface area contributed by atoms with E-state index in [4.69, 9.17) is 5.26 Å². The summed E-state index contributed by atoms with van der Waals surface area (Å²) in [7, 11) is 0. The second-order valence-electron chi connectivity index (χ2n) is 1.95. The van der Waals surface area contributed by atoms with Crippen molar-refractivity contribution < 1.29 is 0 Å². The molecule has 0 atom stereocenters. The Labute approximate surface area is 79.4 Å². The average Bonchev–Trinajstić information content (AvgIpc) is 2.15. The molecule has 1 heterocycles. The van der Waals surface area contributed by atoms with E-state index in [0.717, 1.165) is 0 Å². The van der Waals surface area contributed by atoms with E-state index < -0.39 is 0 Å². The summed E-state index contributed by atoms with van der Waals surface area (Å²) in [5.74, 6) is 5.65. The summed E-state index contributed by atoms with van der Waals surface area (Å²) < 4.78 is 0. The van der Waals surface area contributed by atoms with E-state index >= 15 is 0 Å². The van der Waals surface area contributed by atoms with Gasteiger partial charge in [-0.1, -0.05) is 27.8 Å². The summed E-state index contributed by atoms with van der Waals surface area (Å²) in [5.41, 5.74) is 1.06. The molecule has 0 fully saturated rings. The third kappa shape index (κ3) is 2.08. The smallest absolute Gasteiger partial charge is 0.156 e. The van der Waals surface area contributed by atoms with Gasteiger partial charge in [0.1, 0.15) is 6.07 Å². The lowest BCUT2D eigenvalue weighted by Gasteiger charge is -1.90. The molecule has 1 rings (SSSR count). The van der Waals surface area contributed by atoms with Crippen molar-refractivity contribution in [1.82, 2.24) is 4.98 Å². The number of hydrogen-bond acceptors (Lipinski definition) is 2. The highest BCUT2D eigenvalue weighted by Crippen LogP contribution is 2.00. The van der Waals surface area contributed by atoms with Crippen LogP contribution in [0.2, 0.25) is 0 Å². The Balaban J connectivity index is 3.07. The molecule has 0 aliphatic carbocycles. The van der Waals surface area contributed by atoms with Crippen LogP contribution in [-0.2, 0) is 0 Å². The predicted octanol–water partition coefficient (Wildman–Crippen LogP) is 1.70. The molecule has 0 aromatic carbocycles. The fourth-order valence-electron chi connectivity index (χ4n) is 0.724. The summed E-state index contributed by atoms with van der Waals surface area (Å²) in [6.07, 6.45) is 1.58. The van der Waals surface area contributed by atoms with Crippen LogP contribution in [0, 0.1) is 23.2 Å². The lowest BCUT2D eigenvalue weighted by atomic mass is 10.2. The number of nitrogens with zero attached hydrogens (tertiary/aromatic N) is 2. The second-order valence-corrected chi connectivity index (χ2v) is 2.51. The monoisotopic (exact) mass is 220 g/mol. The molecule has 0 amide bonds. The minimum absolute atomic E-state index is 0.381. The van der Waals surface area contributed by atoms with Crippen molar-refractivity contribution in [3.05, 3.63) is 29.6 Å². The minimum Gasteiger partial charge on any atom is -0.244 e. The van der Waals surface area contributed by atoms with Crippen LogP contribution in [0.5, 0.6) is 0 Å². The first-order chi connectivity index (χ1) is 5.88. The van der Waals surface area contributed by atoms with E-state index in [1.807, 2.05) is 6.07 Å². The third-order valence-electron chi connectivity index (χ3n) is 1.20. The molecule has 0 bridgehead atoms. The van der Waals surface area contributed by atoms with Gasteiger partial charge in [0.05, 0.1) is 10.9 Å². The van der Waals surface area contributed by atoms with Crippen LogP contribution in [0.25, 0.3) is 0 Å². The van der Waals surface area contributed by atoms with Crippen LogP contribution in [-0.4, -0.2) is 10.3 Å². The van der Waals surface area contributed by atoms with Crippen LogP contribution >= 0.6 is 15.9 Å². The van der Waals surface area contributed by atoms with Gasteiger partial charge in [0.2, 0.25) is 0 Å². The maximum atomic E-state index is 8.63. The summed E-state index contributed by atoms with van der Waals surface area (Å²) in [6, 6.07) is 5.52. The third-order valence-corrected chi connectivity index (χ3v) is 1.48. The Hall–Kier alpha value is -1.32. The van der Waals surface area contributed by atoms with Crippen LogP contribution in [0.15, 0.2) is 18.3 Å². The maximum Gasteiger partial charge on any atom is 0.156 e. The largest absolute Gasteiger partial charge is 0.244 e. The van der Waals surface area contributed by atoms with Gasteiger partial charge < -0.3 is 0 Å². The van der Waals surface area contributed by atoms with Gasteiger partial charge in [0, 0.05) is 6.20 Å². The zero-order valence-corrected chi connectivity index (χ0v) is 7.80. The van der Waals surface area contributed by atoms with Crippen molar-refractivity contribution in [2.24, 2.45) is 0 Å². The van der Waals surface area contributed by atoms with Gasteiger partial charge in [-0.2, -0.15) is 5.26 Å². The molecule has 0 aliphatic rings. The van der Waals surface area contributed by atoms with Crippen molar-refractivity contribution >= 4 is 15.9 Å². The number of pyridine rings is 1. The van der Waals surface area contributed by atoms with E-state index in [1.165, 1.54) is 0 Å². The van der Waals surface area contributed by atoms with Crippen molar-refractivity contribution in [2.45, 2.75) is 0 Å². The number of halogens is 1. The molecule has 0 saturated carbocycles. The predicted molar refractivity (Wildman–Crippen MR) is 49.6 cm³/mol.